The third-order valence-corrected chi connectivity index (χ3v) is 6.27. The zero-order valence-electron chi connectivity index (χ0n) is 14.2. The molecule has 3 rings (SSSR count). The van der Waals surface area contributed by atoms with Gasteiger partial charge in [-0.15, -0.1) is 0 Å². The Morgan fingerprint density at radius 2 is 2.04 bits per heavy atom. The molecular weight excluding hydrogens is 346 g/mol. The highest BCUT2D eigenvalue weighted by Crippen LogP contribution is 2.54. The van der Waals surface area contributed by atoms with Crippen LogP contribution < -0.4 is 9.62 Å². The Balaban J connectivity index is 1.86. The number of ether oxygens (including phenoxy) is 1. The number of rotatable bonds is 6. The first-order chi connectivity index (χ1) is 11.9. The average molecular weight is 369 g/mol. The lowest BCUT2D eigenvalue weighted by atomic mass is 9.93. The zero-order chi connectivity index (χ0) is 18.1. The summed E-state index contributed by atoms with van der Waals surface area (Å²) in [7, 11) is -2.36. The summed E-state index contributed by atoms with van der Waals surface area (Å²) >= 11 is 0. The number of aromatic nitrogens is 1. The molecule has 0 amide bonds. The summed E-state index contributed by atoms with van der Waals surface area (Å²) < 4.78 is 30.9. The summed E-state index contributed by atoms with van der Waals surface area (Å²) in [4.78, 5) is 18.2. The molecule has 2 heterocycles. The maximum atomic E-state index is 12.0. The van der Waals surface area contributed by atoms with Gasteiger partial charge in [0.2, 0.25) is 10.0 Å². The van der Waals surface area contributed by atoms with E-state index in [9.17, 15) is 13.2 Å². The van der Waals surface area contributed by atoms with E-state index in [1.807, 2.05) is 0 Å². The largest absolute Gasteiger partial charge is 0.464 e. The van der Waals surface area contributed by atoms with Crippen LogP contribution in [0.5, 0.6) is 0 Å². The molecule has 1 aromatic rings. The lowest BCUT2D eigenvalue weighted by Gasteiger charge is -2.34. The first-order valence-electron chi connectivity index (χ1n) is 8.33. The van der Waals surface area contributed by atoms with E-state index >= 15 is 0 Å². The number of piperidine rings is 1. The minimum Gasteiger partial charge on any atom is -0.464 e. The van der Waals surface area contributed by atoms with Crippen LogP contribution in [0.4, 0.5) is 11.4 Å². The highest BCUT2D eigenvalue weighted by atomic mass is 32.2. The number of carbonyl (C=O) groups is 1. The third-order valence-electron chi connectivity index (χ3n) is 5.00. The molecule has 2 aliphatic rings. The van der Waals surface area contributed by atoms with Gasteiger partial charge < -0.3 is 14.7 Å². The van der Waals surface area contributed by atoms with E-state index in [0.29, 0.717) is 11.1 Å². The molecule has 9 heteroatoms. The van der Waals surface area contributed by atoms with Crippen molar-refractivity contribution in [2.45, 2.75) is 25.7 Å². The summed E-state index contributed by atoms with van der Waals surface area (Å²) in [6.07, 6.45) is 5.95. The summed E-state index contributed by atoms with van der Waals surface area (Å²) in [5, 5.41) is 8.84. The number of pyridine rings is 1. The van der Waals surface area contributed by atoms with Gasteiger partial charge in [0, 0.05) is 13.1 Å². The van der Waals surface area contributed by atoms with E-state index in [1.54, 1.807) is 6.07 Å². The lowest BCUT2D eigenvalue weighted by molar-refractivity contribution is 0.0594. The topological polar surface area (TPSA) is 109 Å². The summed E-state index contributed by atoms with van der Waals surface area (Å²) in [6.45, 7) is 1.14. The molecular formula is C16H23N3O5S. The highest BCUT2D eigenvalue weighted by molar-refractivity contribution is 7.92. The summed E-state index contributed by atoms with van der Waals surface area (Å²) in [5.41, 5.74) is 1.50. The first-order valence-corrected chi connectivity index (χ1v) is 9.98. The third kappa shape index (κ3) is 4.04. The number of aliphatic hydroxyl groups is 1. The quantitative estimate of drug-likeness (QED) is 0.720. The van der Waals surface area contributed by atoms with Gasteiger partial charge in [0.25, 0.3) is 0 Å². The van der Waals surface area contributed by atoms with Crippen molar-refractivity contribution in [2.24, 2.45) is 5.41 Å². The molecule has 2 N–H and O–H groups in total. The second kappa shape index (κ2) is 6.80. The number of nitrogens with one attached hydrogen (secondary N) is 1. The zero-order valence-corrected chi connectivity index (χ0v) is 15.0. The highest BCUT2D eigenvalue weighted by Gasteiger charge is 2.44. The lowest BCUT2D eigenvalue weighted by Crippen LogP contribution is -2.35. The molecule has 1 aliphatic heterocycles. The van der Waals surface area contributed by atoms with Crippen molar-refractivity contribution in [2.75, 3.05) is 42.2 Å². The SMILES string of the molecule is COC(=O)c1ncc(NS(=O)(=O)CCO)cc1N1CCC2(CC1)CC2. The molecule has 1 saturated carbocycles. The van der Waals surface area contributed by atoms with Crippen LogP contribution in [0.1, 0.15) is 36.2 Å². The van der Waals surface area contributed by atoms with Gasteiger partial charge in [-0.25, -0.2) is 18.2 Å². The standard InChI is InChI=1S/C16H23N3O5S/c1-24-15(21)14-13(19-6-4-16(2-3-16)5-7-19)10-12(11-17-14)18-25(22,23)9-8-20/h10-11,18,20H,2-9H2,1H3. The van der Waals surface area contributed by atoms with Gasteiger partial charge in [0.05, 0.1) is 37.0 Å². The van der Waals surface area contributed by atoms with E-state index in [0.717, 1.165) is 25.9 Å². The van der Waals surface area contributed by atoms with Crippen LogP contribution in [0.2, 0.25) is 0 Å². The number of methoxy groups -OCH3 is 1. The van der Waals surface area contributed by atoms with E-state index in [-0.39, 0.29) is 11.4 Å². The number of hydrogen-bond acceptors (Lipinski definition) is 7. The van der Waals surface area contributed by atoms with Gasteiger partial charge in [0.1, 0.15) is 0 Å². The van der Waals surface area contributed by atoms with E-state index in [1.165, 1.54) is 26.1 Å². The Morgan fingerprint density at radius 3 is 2.60 bits per heavy atom. The molecule has 2 fully saturated rings. The molecule has 1 aromatic heterocycles. The Labute approximate surface area is 147 Å². The predicted molar refractivity (Wildman–Crippen MR) is 93.2 cm³/mol. The second-order valence-electron chi connectivity index (χ2n) is 6.71. The van der Waals surface area contributed by atoms with Gasteiger partial charge in [0.15, 0.2) is 5.69 Å². The van der Waals surface area contributed by atoms with Gasteiger partial charge in [-0.2, -0.15) is 0 Å². The number of anilines is 2. The smallest absolute Gasteiger partial charge is 0.358 e. The Bertz CT molecular complexity index is 751. The monoisotopic (exact) mass is 369 g/mol. The number of aliphatic hydroxyl groups excluding tert-OH is 1. The summed E-state index contributed by atoms with van der Waals surface area (Å²) in [5.74, 6) is -0.945. The normalized spacial score (nSPS) is 18.9. The maximum Gasteiger partial charge on any atom is 0.358 e. The average Bonchev–Trinajstić information content (AvgIpc) is 3.33. The molecule has 1 spiro atoms. The molecule has 138 valence electrons. The fourth-order valence-corrected chi connectivity index (χ4v) is 4.07. The van der Waals surface area contributed by atoms with Crippen molar-refractivity contribution in [1.82, 2.24) is 4.98 Å². The number of hydrogen-bond donors (Lipinski definition) is 2. The molecule has 0 unspecified atom stereocenters. The van der Waals surface area contributed by atoms with Crippen LogP contribution in [0, 0.1) is 5.41 Å². The van der Waals surface area contributed by atoms with Crippen molar-refractivity contribution in [3.8, 4) is 0 Å². The number of carbonyl (C=O) groups excluding carboxylic acids is 1. The Kier molecular flexibility index (Phi) is 4.88. The summed E-state index contributed by atoms with van der Waals surface area (Å²) in [6, 6.07) is 1.61. The first kappa shape index (κ1) is 17.9. The van der Waals surface area contributed by atoms with Crippen LogP contribution in [0.3, 0.4) is 0 Å². The van der Waals surface area contributed by atoms with Crippen molar-refractivity contribution >= 4 is 27.4 Å². The van der Waals surface area contributed by atoms with Gasteiger partial charge in [-0.1, -0.05) is 0 Å². The maximum absolute atomic E-state index is 12.0. The van der Waals surface area contributed by atoms with Crippen molar-refractivity contribution in [3.05, 3.63) is 18.0 Å². The fourth-order valence-electron chi connectivity index (χ4n) is 3.25. The van der Waals surface area contributed by atoms with Gasteiger partial charge in [-0.05, 0) is 37.2 Å². The van der Waals surface area contributed by atoms with Crippen LogP contribution in [0.15, 0.2) is 12.3 Å². The van der Waals surface area contributed by atoms with E-state index in [4.69, 9.17) is 9.84 Å². The molecule has 0 aromatic carbocycles. The van der Waals surface area contributed by atoms with Crippen molar-refractivity contribution < 1.29 is 23.1 Å². The fraction of sp³-hybridized carbons (Fsp3) is 0.625. The van der Waals surface area contributed by atoms with Crippen LogP contribution in [0.25, 0.3) is 0 Å². The predicted octanol–water partition coefficient (Wildman–Crippen LogP) is 0.983. The molecule has 0 bridgehead atoms. The molecule has 8 nitrogen and oxygen atoms in total. The van der Waals surface area contributed by atoms with Crippen molar-refractivity contribution in [1.29, 1.82) is 0 Å². The minimum absolute atomic E-state index is 0.180. The molecule has 0 atom stereocenters. The molecule has 0 radical (unpaired) electrons. The second-order valence-corrected chi connectivity index (χ2v) is 8.56. The number of nitrogens with zero attached hydrogens (tertiary/aromatic N) is 2. The van der Waals surface area contributed by atoms with Crippen molar-refractivity contribution in [3.63, 3.8) is 0 Å². The van der Waals surface area contributed by atoms with Crippen LogP contribution in [-0.4, -0.2) is 57.0 Å². The molecule has 25 heavy (non-hydrogen) atoms. The van der Waals surface area contributed by atoms with E-state index < -0.39 is 28.4 Å². The van der Waals surface area contributed by atoms with Gasteiger partial charge >= 0.3 is 5.97 Å². The number of sulfonamides is 1. The molecule has 1 saturated heterocycles. The van der Waals surface area contributed by atoms with Gasteiger partial charge in [-0.3, -0.25) is 4.72 Å². The van der Waals surface area contributed by atoms with Crippen LogP contribution in [-0.2, 0) is 14.8 Å². The minimum atomic E-state index is -3.65. The molecule has 1 aliphatic carbocycles. The van der Waals surface area contributed by atoms with Crippen LogP contribution >= 0.6 is 0 Å². The van der Waals surface area contributed by atoms with E-state index in [2.05, 4.69) is 14.6 Å². The Hall–Kier alpha value is -1.87. The number of esters is 1. The Morgan fingerprint density at radius 1 is 1.36 bits per heavy atom.